The van der Waals surface area contributed by atoms with Gasteiger partial charge in [0.25, 0.3) is 5.91 Å². The van der Waals surface area contributed by atoms with E-state index in [1.54, 1.807) is 12.0 Å². The maximum Gasteiger partial charge on any atom is 0.303 e. The van der Waals surface area contributed by atoms with Crippen LogP contribution in [0.15, 0.2) is 53.4 Å². The fraction of sp³-hybridized carbons (Fsp3) is 0.333. The van der Waals surface area contributed by atoms with E-state index in [0.717, 1.165) is 21.9 Å². The number of esters is 1. The van der Waals surface area contributed by atoms with E-state index in [1.165, 1.54) is 18.7 Å². The molecule has 8 heteroatoms. The molecule has 2 atom stereocenters. The van der Waals surface area contributed by atoms with Crippen LogP contribution < -0.4 is 15.0 Å². The summed E-state index contributed by atoms with van der Waals surface area (Å²) in [4.78, 5) is 27.9. The molecule has 29 heavy (non-hydrogen) atoms. The molecule has 0 saturated carbocycles. The molecule has 0 fully saturated rings. The predicted molar refractivity (Wildman–Crippen MR) is 117 cm³/mol. The van der Waals surface area contributed by atoms with Crippen molar-refractivity contribution in [3.8, 4) is 5.75 Å². The number of likely N-dealkylation sites (N-methyl/N-ethyl adjacent to an activating group) is 1. The maximum atomic E-state index is 13.4. The Labute approximate surface area is 181 Å². The number of nitrogens with one attached hydrogen (secondary N) is 1. The monoisotopic (exact) mass is 436 g/mol. The third kappa shape index (κ3) is 5.23. The van der Waals surface area contributed by atoms with Crippen LogP contribution in [0.5, 0.6) is 5.75 Å². The minimum Gasteiger partial charge on any atom is -0.497 e. The minimum absolute atomic E-state index is 0. The van der Waals surface area contributed by atoms with Gasteiger partial charge in [-0.3, -0.25) is 9.59 Å². The summed E-state index contributed by atoms with van der Waals surface area (Å²) in [6.07, 6.45) is -0.917. The molecule has 0 aromatic heterocycles. The third-order valence-electron chi connectivity index (χ3n) is 4.52. The molecule has 156 valence electrons. The van der Waals surface area contributed by atoms with E-state index < -0.39 is 12.1 Å². The van der Waals surface area contributed by atoms with Gasteiger partial charge in [0, 0.05) is 24.9 Å². The van der Waals surface area contributed by atoms with Gasteiger partial charge in [0.05, 0.1) is 18.0 Å². The second kappa shape index (κ2) is 10.5. The molecule has 6 nitrogen and oxygen atoms in total. The Kier molecular flexibility index (Phi) is 8.37. The first-order valence-corrected chi connectivity index (χ1v) is 9.96. The van der Waals surface area contributed by atoms with Gasteiger partial charge in [0.2, 0.25) is 0 Å². The van der Waals surface area contributed by atoms with Crippen molar-refractivity contribution < 1.29 is 19.1 Å². The number of benzene rings is 2. The lowest BCUT2D eigenvalue weighted by atomic mass is 10.1. The molecule has 2 aromatic carbocycles. The fourth-order valence-electron chi connectivity index (χ4n) is 3.16. The highest BCUT2D eigenvalue weighted by Gasteiger charge is 2.40. The normalized spacial score (nSPS) is 18.3. The van der Waals surface area contributed by atoms with Crippen LogP contribution in [0.1, 0.15) is 17.7 Å². The zero-order chi connectivity index (χ0) is 20.1. The largest absolute Gasteiger partial charge is 0.497 e. The molecular formula is C21H25ClN2O4S. The van der Waals surface area contributed by atoms with Crippen molar-refractivity contribution in [1.29, 1.82) is 0 Å². The van der Waals surface area contributed by atoms with Gasteiger partial charge in [-0.05, 0) is 36.9 Å². The number of fused-ring (bicyclic) bond motifs is 1. The van der Waals surface area contributed by atoms with Gasteiger partial charge in [-0.2, -0.15) is 0 Å². The Balaban J connectivity index is 0.00000300. The highest BCUT2D eigenvalue weighted by molar-refractivity contribution is 7.99. The Hall–Kier alpha value is -2.22. The summed E-state index contributed by atoms with van der Waals surface area (Å²) in [5.74, 6) is 0.0366. The third-order valence-corrected chi connectivity index (χ3v) is 5.89. The molecule has 1 heterocycles. The number of anilines is 1. The van der Waals surface area contributed by atoms with Crippen LogP contribution in [0.4, 0.5) is 5.69 Å². The first-order chi connectivity index (χ1) is 13.5. The molecule has 0 bridgehead atoms. The van der Waals surface area contributed by atoms with Crippen molar-refractivity contribution in [2.24, 2.45) is 0 Å². The topological polar surface area (TPSA) is 67.9 Å². The molecule has 2 aromatic rings. The molecule has 0 radical (unpaired) electrons. The molecule has 3 rings (SSSR count). The highest BCUT2D eigenvalue weighted by Crippen LogP contribution is 2.46. The number of halogens is 1. The summed E-state index contributed by atoms with van der Waals surface area (Å²) in [5, 5.41) is 2.72. The average Bonchev–Trinajstić information content (AvgIpc) is 2.81. The quantitative estimate of drug-likeness (QED) is 0.699. The van der Waals surface area contributed by atoms with Gasteiger partial charge < -0.3 is 19.7 Å². The van der Waals surface area contributed by atoms with E-state index in [0.29, 0.717) is 13.1 Å². The van der Waals surface area contributed by atoms with Crippen molar-refractivity contribution in [3.63, 3.8) is 0 Å². The number of thioether (sulfide) groups is 1. The smallest absolute Gasteiger partial charge is 0.303 e. The van der Waals surface area contributed by atoms with E-state index in [2.05, 4.69) is 5.32 Å². The average molecular weight is 437 g/mol. The number of para-hydroxylation sites is 1. The molecule has 0 aliphatic carbocycles. The SMILES string of the molecule is CNCCN1C(=O)C(OC(C)=O)C(c2ccc(OC)cc2)Sc2ccccc21.Cl. The van der Waals surface area contributed by atoms with Crippen LogP contribution in [0, 0.1) is 0 Å². The van der Waals surface area contributed by atoms with E-state index in [4.69, 9.17) is 9.47 Å². The lowest BCUT2D eigenvalue weighted by Crippen LogP contribution is -2.45. The second-order valence-corrected chi connectivity index (χ2v) is 7.59. The number of carbonyl (C=O) groups is 2. The van der Waals surface area contributed by atoms with Crippen molar-refractivity contribution in [2.45, 2.75) is 23.2 Å². The highest BCUT2D eigenvalue weighted by atomic mass is 35.5. The molecule has 2 unspecified atom stereocenters. The summed E-state index contributed by atoms with van der Waals surface area (Å²) in [7, 11) is 3.45. The Morgan fingerprint density at radius 1 is 1.17 bits per heavy atom. The first kappa shape index (κ1) is 23.1. The lowest BCUT2D eigenvalue weighted by Gasteiger charge is -2.27. The number of hydrogen-bond donors (Lipinski definition) is 1. The Bertz CT molecular complexity index is 847. The van der Waals surface area contributed by atoms with Crippen molar-refractivity contribution >= 4 is 41.7 Å². The number of carbonyl (C=O) groups excluding carboxylic acids is 2. The molecule has 1 amide bonds. The zero-order valence-corrected chi connectivity index (χ0v) is 18.2. The first-order valence-electron chi connectivity index (χ1n) is 9.08. The number of rotatable bonds is 6. The second-order valence-electron chi connectivity index (χ2n) is 6.40. The number of amides is 1. The van der Waals surface area contributed by atoms with Crippen molar-refractivity contribution in [2.75, 3.05) is 32.1 Å². The van der Waals surface area contributed by atoms with Crippen molar-refractivity contribution in [3.05, 3.63) is 54.1 Å². The summed E-state index contributed by atoms with van der Waals surface area (Å²) in [6.45, 7) is 2.45. The van der Waals surface area contributed by atoms with E-state index in [-0.39, 0.29) is 23.6 Å². The van der Waals surface area contributed by atoms with E-state index >= 15 is 0 Å². The number of nitrogens with zero attached hydrogens (tertiary/aromatic N) is 1. The van der Waals surface area contributed by atoms with Gasteiger partial charge in [-0.15, -0.1) is 24.2 Å². The number of methoxy groups -OCH3 is 1. The van der Waals surface area contributed by atoms with Crippen LogP contribution in [0.2, 0.25) is 0 Å². The standard InChI is InChI=1S/C21H24N2O4S.ClH/c1-14(24)27-19-20(15-8-10-16(26-3)11-9-15)28-18-7-5-4-6-17(18)23(21(19)25)13-12-22-2;/h4-11,19-20,22H,12-13H2,1-3H3;1H. The molecule has 1 aliphatic heterocycles. The molecule has 0 saturated heterocycles. The van der Waals surface area contributed by atoms with Gasteiger partial charge >= 0.3 is 5.97 Å². The van der Waals surface area contributed by atoms with Crippen LogP contribution in [0.3, 0.4) is 0 Å². The Morgan fingerprint density at radius 2 is 1.86 bits per heavy atom. The summed E-state index contributed by atoms with van der Waals surface area (Å²) in [6, 6.07) is 15.3. The maximum absolute atomic E-state index is 13.4. The summed E-state index contributed by atoms with van der Waals surface area (Å²) in [5.41, 5.74) is 1.73. The van der Waals surface area contributed by atoms with Gasteiger partial charge in [0.1, 0.15) is 5.75 Å². The van der Waals surface area contributed by atoms with Crippen molar-refractivity contribution in [1.82, 2.24) is 5.32 Å². The molecule has 1 N–H and O–H groups in total. The Morgan fingerprint density at radius 3 is 2.48 bits per heavy atom. The fourth-order valence-corrected chi connectivity index (χ4v) is 4.48. The molecule has 1 aliphatic rings. The summed E-state index contributed by atoms with van der Waals surface area (Å²) < 4.78 is 10.8. The molecule has 0 spiro atoms. The van der Waals surface area contributed by atoms with Gasteiger partial charge in [-0.1, -0.05) is 24.3 Å². The van der Waals surface area contributed by atoms with Crippen LogP contribution in [-0.2, 0) is 14.3 Å². The van der Waals surface area contributed by atoms with Gasteiger partial charge in [-0.25, -0.2) is 0 Å². The predicted octanol–water partition coefficient (Wildman–Crippen LogP) is 3.45. The van der Waals surface area contributed by atoms with Gasteiger partial charge in [0.15, 0.2) is 6.10 Å². The van der Waals surface area contributed by atoms with Crippen LogP contribution >= 0.6 is 24.2 Å². The zero-order valence-electron chi connectivity index (χ0n) is 16.6. The number of ether oxygens (including phenoxy) is 2. The minimum atomic E-state index is -0.917. The summed E-state index contributed by atoms with van der Waals surface area (Å²) >= 11 is 1.53. The van der Waals surface area contributed by atoms with E-state index in [1.807, 2.05) is 55.6 Å². The van der Waals surface area contributed by atoms with Crippen LogP contribution in [0.25, 0.3) is 0 Å². The number of hydrogen-bond acceptors (Lipinski definition) is 6. The molecular weight excluding hydrogens is 412 g/mol. The van der Waals surface area contributed by atoms with E-state index in [9.17, 15) is 9.59 Å². The van der Waals surface area contributed by atoms with Crippen LogP contribution in [-0.4, -0.2) is 45.2 Å². The lowest BCUT2D eigenvalue weighted by molar-refractivity contribution is -0.152.